The van der Waals surface area contributed by atoms with Crippen LogP contribution in [0.5, 0.6) is 11.5 Å². The molecule has 10 rings (SSSR count). The van der Waals surface area contributed by atoms with Gasteiger partial charge in [0.1, 0.15) is 22.5 Å². The Morgan fingerprint density at radius 3 is 1.54 bits per heavy atom. The number of hydrogen-bond donors (Lipinski definition) is 4. The zero-order valence-corrected chi connectivity index (χ0v) is 41.9. The predicted molar refractivity (Wildman–Crippen MR) is 281 cm³/mol. The maximum Gasteiger partial charge on any atom is 0.419 e. The average Bonchev–Trinajstić information content (AvgIpc) is 3.86. The van der Waals surface area contributed by atoms with Crippen LogP contribution in [0.15, 0.2) is 97.3 Å². The molecule has 6 aromatic rings. The smallest absolute Gasteiger partial charge is 0.419 e. The molecule has 0 atom stereocenters. The molecular formula is C53H57ClF6N10O6. The number of carbonyl (C=O) groups excluding carboxylic acids is 2. The summed E-state index contributed by atoms with van der Waals surface area (Å²) in [4.78, 5) is 39.7. The Bertz CT molecular complexity index is 3050. The first-order valence-electron chi connectivity index (χ1n) is 23.5. The minimum Gasteiger partial charge on any atom is -0.495 e. The fourth-order valence-corrected chi connectivity index (χ4v) is 8.93. The van der Waals surface area contributed by atoms with Crippen molar-refractivity contribution >= 4 is 74.7 Å². The molecule has 6 heterocycles. The largest absolute Gasteiger partial charge is 0.495 e. The number of nitrogen functional groups attached to an aromatic ring is 1. The number of pyridine rings is 2. The molecule has 2 fully saturated rings. The molecular weight excluding hydrogens is 1020 g/mol. The van der Waals surface area contributed by atoms with Crippen LogP contribution in [-0.4, -0.2) is 113 Å². The van der Waals surface area contributed by atoms with Crippen molar-refractivity contribution in [2.75, 3.05) is 112 Å². The van der Waals surface area contributed by atoms with E-state index in [4.69, 9.17) is 36.3 Å². The molecule has 16 nitrogen and oxygen atoms in total. The number of nitrogens with zero attached hydrogens (tertiary/aromatic N) is 6. The zero-order valence-electron chi connectivity index (χ0n) is 41.2. The first kappa shape index (κ1) is 56.0. The molecule has 0 bridgehead atoms. The van der Waals surface area contributed by atoms with Gasteiger partial charge in [-0.3, -0.25) is 9.59 Å². The van der Waals surface area contributed by atoms with Gasteiger partial charge < -0.3 is 60.2 Å². The van der Waals surface area contributed by atoms with Gasteiger partial charge in [-0.05, 0) is 53.6 Å². The van der Waals surface area contributed by atoms with Crippen molar-refractivity contribution in [1.82, 2.24) is 19.8 Å². The number of amides is 2. The molecule has 4 aliphatic heterocycles. The van der Waals surface area contributed by atoms with E-state index in [1.165, 1.54) is 23.0 Å². The van der Waals surface area contributed by atoms with Crippen molar-refractivity contribution < 1.29 is 54.9 Å². The Morgan fingerprint density at radius 2 is 1.05 bits per heavy atom. The second kappa shape index (κ2) is 23.9. The highest BCUT2D eigenvalue weighted by Gasteiger charge is 2.37. The number of fused-ring (bicyclic) bond motifs is 2. The fourth-order valence-electron chi connectivity index (χ4n) is 8.77. The van der Waals surface area contributed by atoms with Crippen LogP contribution in [0.4, 0.5) is 77.7 Å². The number of morpholine rings is 2. The molecule has 23 heteroatoms. The normalized spacial score (nSPS) is 15.1. The van der Waals surface area contributed by atoms with Gasteiger partial charge in [-0.2, -0.15) is 26.3 Å². The van der Waals surface area contributed by atoms with Crippen LogP contribution in [0, 0.1) is 0 Å². The molecule has 76 heavy (non-hydrogen) atoms. The number of halogens is 7. The molecule has 2 aromatic heterocycles. The fraction of sp³-hybridized carbons (Fsp3) is 0.321. The van der Waals surface area contributed by atoms with Gasteiger partial charge in [0.2, 0.25) is 0 Å². The van der Waals surface area contributed by atoms with E-state index in [-0.39, 0.29) is 41.6 Å². The minimum atomic E-state index is -4.65. The molecule has 0 spiro atoms. The van der Waals surface area contributed by atoms with Gasteiger partial charge in [0.15, 0.2) is 0 Å². The van der Waals surface area contributed by atoms with Crippen LogP contribution in [0.3, 0.4) is 0 Å². The van der Waals surface area contributed by atoms with Crippen molar-refractivity contribution in [2.45, 2.75) is 32.9 Å². The number of hydrogen-bond acceptors (Lipinski definition) is 14. The van der Waals surface area contributed by atoms with Crippen LogP contribution in [0.1, 0.15) is 50.4 Å². The van der Waals surface area contributed by atoms with Gasteiger partial charge >= 0.3 is 12.4 Å². The monoisotopic (exact) mass is 1080 g/mol. The molecule has 0 aliphatic carbocycles. The Balaban J connectivity index is 0.000000183. The molecule has 0 radical (unpaired) electrons. The molecule has 2 saturated heterocycles. The lowest BCUT2D eigenvalue weighted by molar-refractivity contribution is -0.138. The summed E-state index contributed by atoms with van der Waals surface area (Å²) >= 11 is 5.71. The number of benzene rings is 4. The van der Waals surface area contributed by atoms with E-state index in [1.54, 1.807) is 63.7 Å². The summed E-state index contributed by atoms with van der Waals surface area (Å²) in [5.74, 6) is 0.957. The first-order valence-corrected chi connectivity index (χ1v) is 23.8. The maximum atomic E-state index is 13.9. The van der Waals surface area contributed by atoms with Gasteiger partial charge in [-0.15, -0.1) is 0 Å². The topological polar surface area (TPSA) is 172 Å². The van der Waals surface area contributed by atoms with E-state index in [0.29, 0.717) is 72.1 Å². The Morgan fingerprint density at radius 1 is 0.592 bits per heavy atom. The Labute approximate surface area is 440 Å². The lowest BCUT2D eigenvalue weighted by atomic mass is 10.1. The van der Waals surface area contributed by atoms with Crippen LogP contribution < -0.4 is 41.0 Å². The van der Waals surface area contributed by atoms with Gasteiger partial charge in [0.25, 0.3) is 11.8 Å². The number of aromatic nitrogens is 2. The quantitative estimate of drug-likeness (QED) is 0.0580. The number of carbonyl (C=O) groups is 2. The summed E-state index contributed by atoms with van der Waals surface area (Å²) in [7, 11) is 6.45. The second-order valence-corrected chi connectivity index (χ2v) is 17.9. The summed E-state index contributed by atoms with van der Waals surface area (Å²) in [5, 5.41) is 8.51. The van der Waals surface area contributed by atoms with Crippen molar-refractivity contribution in [2.24, 2.45) is 0 Å². The highest BCUT2D eigenvalue weighted by Crippen LogP contribution is 2.41. The molecule has 0 saturated carbocycles. The molecule has 0 unspecified atom stereocenters. The summed E-state index contributed by atoms with van der Waals surface area (Å²) in [6.45, 7) is 7.03. The van der Waals surface area contributed by atoms with E-state index >= 15 is 0 Å². The molecule has 404 valence electrons. The first-order chi connectivity index (χ1) is 35.8. The summed E-state index contributed by atoms with van der Waals surface area (Å²) in [6.07, 6.45) is -7.79. The van der Waals surface area contributed by atoms with E-state index in [2.05, 4.69) is 35.7 Å². The second-order valence-electron chi connectivity index (χ2n) is 17.5. The molecule has 4 aliphatic rings. The third kappa shape index (κ3) is 12.9. The SMILES string of the molecule is C.CN1Cc2cccc(Nc3cc(Cl)ncc3C(F)(F)F)c2C1=O.COc1cc(N2CCOCC2)ccc1N.COc1cc(N2CCOCC2)ccc1Nc1cc(Nc2cccc3c2C(=O)N(C)C3)c(C(F)(F)F)cn1. The number of alkyl halides is 6. The van der Waals surface area contributed by atoms with E-state index in [0.717, 1.165) is 79.9 Å². The zero-order chi connectivity index (χ0) is 53.6. The van der Waals surface area contributed by atoms with Crippen molar-refractivity contribution in [3.63, 3.8) is 0 Å². The average molecular weight is 1080 g/mol. The summed E-state index contributed by atoms with van der Waals surface area (Å²) < 4.78 is 102. The van der Waals surface area contributed by atoms with Crippen molar-refractivity contribution in [3.8, 4) is 11.5 Å². The van der Waals surface area contributed by atoms with Crippen LogP contribution in [-0.2, 0) is 34.9 Å². The highest BCUT2D eigenvalue weighted by atomic mass is 35.5. The third-order valence-electron chi connectivity index (χ3n) is 12.6. The number of methoxy groups -OCH3 is 2. The van der Waals surface area contributed by atoms with Gasteiger partial charge in [-0.25, -0.2) is 9.97 Å². The molecule has 4 aromatic carbocycles. The van der Waals surface area contributed by atoms with Crippen molar-refractivity contribution in [3.05, 3.63) is 136 Å². The van der Waals surface area contributed by atoms with Gasteiger partial charge in [-0.1, -0.05) is 43.3 Å². The highest BCUT2D eigenvalue weighted by molar-refractivity contribution is 6.29. The van der Waals surface area contributed by atoms with E-state index < -0.39 is 23.5 Å². The van der Waals surface area contributed by atoms with Crippen molar-refractivity contribution in [1.29, 1.82) is 0 Å². The number of ether oxygens (including phenoxy) is 4. The summed E-state index contributed by atoms with van der Waals surface area (Å²) in [5.41, 5.74) is 9.61. The van der Waals surface area contributed by atoms with Crippen LogP contribution in [0.2, 0.25) is 5.15 Å². The van der Waals surface area contributed by atoms with Gasteiger partial charge in [0.05, 0.1) is 97.0 Å². The molecule has 2 amide bonds. The van der Waals surface area contributed by atoms with Crippen LogP contribution >= 0.6 is 11.6 Å². The number of anilines is 9. The van der Waals surface area contributed by atoms with E-state index in [9.17, 15) is 35.9 Å². The summed E-state index contributed by atoms with van der Waals surface area (Å²) in [6, 6.07) is 23.9. The molecule has 5 N–H and O–H groups in total. The standard InChI is InChI=1S/C26H26F3N5O3.C15H11ClF3N3O.C11H16N2O2.CH4/c1-33-15-16-4-3-5-20(24(16)25(33)35)31-21-13-23(30-14-18(21)26(27,28)29)32-19-7-6-17(12-22(19)36-2)34-8-10-37-11-9-34;1-22-7-8-3-2-4-10(13(8)14(22)23)21-11-5-12(16)20-6-9(11)15(17,18)19;1-14-11-8-9(2-3-10(11)12)13-4-6-15-7-5-13;/h3-7,12-14H,8-11,15H2,1-2H3,(H2,30,31,32);2-6H,7H2,1H3,(H,20,21);2-3,8H,4-7,12H2,1H3;1H4. The minimum absolute atomic E-state index is 0. The van der Waals surface area contributed by atoms with E-state index in [1.807, 2.05) is 30.3 Å². The maximum absolute atomic E-state index is 13.9. The third-order valence-corrected chi connectivity index (χ3v) is 12.8. The van der Waals surface area contributed by atoms with Gasteiger partial charge in [0, 0.05) is 95.3 Å². The Hall–Kier alpha value is -7.69. The lowest BCUT2D eigenvalue weighted by Crippen LogP contribution is -2.36. The number of nitrogens with one attached hydrogen (secondary N) is 3. The van der Waals surface area contributed by atoms with Crippen LogP contribution in [0.25, 0.3) is 0 Å². The Kier molecular flexibility index (Phi) is 17.6. The predicted octanol–water partition coefficient (Wildman–Crippen LogP) is 10.9. The number of nitrogens with two attached hydrogens (primary N) is 1. The number of rotatable bonds is 10. The lowest BCUT2D eigenvalue weighted by Gasteiger charge is -2.29.